The molecule has 2 rings (SSSR count). The van der Waals surface area contributed by atoms with Gasteiger partial charge in [-0.3, -0.25) is 0 Å². The van der Waals surface area contributed by atoms with Crippen LogP contribution >= 0.6 is 34.2 Å². The lowest BCUT2D eigenvalue weighted by Gasteiger charge is -2.16. The molecule has 0 saturated heterocycles. The number of hydrogen-bond acceptors (Lipinski definition) is 3. The van der Waals surface area contributed by atoms with E-state index in [0.717, 1.165) is 18.2 Å². The van der Waals surface area contributed by atoms with Crippen LogP contribution in [0.15, 0.2) is 36.4 Å². The summed E-state index contributed by atoms with van der Waals surface area (Å²) < 4.78 is 49.7. The number of carbonyl (C=O) groups is 1. The van der Waals surface area contributed by atoms with Gasteiger partial charge in [-0.25, -0.2) is 4.79 Å². The van der Waals surface area contributed by atoms with Gasteiger partial charge in [0.1, 0.15) is 17.2 Å². The minimum atomic E-state index is -4.50. The molecule has 2 aromatic carbocycles. The molecule has 0 fully saturated rings. The van der Waals surface area contributed by atoms with Crippen molar-refractivity contribution in [3.63, 3.8) is 0 Å². The van der Waals surface area contributed by atoms with Crippen molar-refractivity contribution in [1.82, 2.24) is 0 Å². The van der Waals surface area contributed by atoms with Gasteiger partial charge in [-0.05, 0) is 59.3 Å². The summed E-state index contributed by atoms with van der Waals surface area (Å²) in [6, 6.07) is 7.43. The topological polar surface area (TPSA) is 55.8 Å². The minimum Gasteiger partial charge on any atom is -0.479 e. The number of alkyl halides is 3. The number of ether oxygens (including phenoxy) is 2. The van der Waals surface area contributed by atoms with Crippen molar-refractivity contribution in [2.45, 2.75) is 25.6 Å². The number of carboxylic acid groups (broad SMARTS) is 1. The van der Waals surface area contributed by atoms with Gasteiger partial charge in [-0.15, -0.1) is 0 Å². The Hall–Kier alpha value is -1.68. The van der Waals surface area contributed by atoms with Gasteiger partial charge in [0.05, 0.1) is 14.2 Å². The van der Waals surface area contributed by atoms with Crippen LogP contribution in [0.5, 0.6) is 17.2 Å². The highest BCUT2D eigenvalue weighted by atomic mass is 127. The molecule has 0 saturated carbocycles. The zero-order valence-electron chi connectivity index (χ0n) is 13.3. The van der Waals surface area contributed by atoms with E-state index in [-0.39, 0.29) is 22.9 Å². The molecule has 1 unspecified atom stereocenters. The van der Waals surface area contributed by atoms with Crippen molar-refractivity contribution in [3.05, 3.63) is 50.6 Å². The van der Waals surface area contributed by atoms with E-state index in [1.165, 1.54) is 6.07 Å². The molecular weight excluding hydrogens is 488 g/mol. The molecule has 0 aliphatic carbocycles. The highest BCUT2D eigenvalue weighted by molar-refractivity contribution is 14.1. The van der Waals surface area contributed by atoms with Gasteiger partial charge >= 0.3 is 12.1 Å². The van der Waals surface area contributed by atoms with Gasteiger partial charge in [0, 0.05) is 6.07 Å². The van der Waals surface area contributed by atoms with Crippen LogP contribution in [-0.2, 0) is 11.0 Å². The number of hydrogen-bond donors (Lipinski definition) is 1. The highest BCUT2D eigenvalue weighted by Gasteiger charge is 2.31. The number of halogens is 5. The zero-order chi connectivity index (χ0) is 19.5. The first-order valence-corrected chi connectivity index (χ1v) is 8.81. The molecule has 0 amide bonds. The van der Waals surface area contributed by atoms with Crippen molar-refractivity contribution in [3.8, 4) is 17.2 Å². The lowest BCUT2D eigenvalue weighted by Crippen LogP contribution is -2.26. The van der Waals surface area contributed by atoms with E-state index >= 15 is 0 Å². The molecule has 0 aliphatic rings. The van der Waals surface area contributed by atoms with Crippen LogP contribution in [0.25, 0.3) is 0 Å². The van der Waals surface area contributed by atoms with Crippen molar-refractivity contribution >= 4 is 40.2 Å². The molecule has 0 heterocycles. The molecule has 0 aromatic heterocycles. The van der Waals surface area contributed by atoms with Gasteiger partial charge in [-0.1, -0.05) is 18.5 Å². The molecule has 2 aromatic rings. The third-order valence-corrected chi connectivity index (χ3v) is 4.49. The zero-order valence-corrected chi connectivity index (χ0v) is 16.2. The Morgan fingerprint density at radius 3 is 2.46 bits per heavy atom. The van der Waals surface area contributed by atoms with E-state index in [9.17, 15) is 18.0 Å². The first-order valence-electron chi connectivity index (χ1n) is 7.35. The lowest BCUT2D eigenvalue weighted by atomic mass is 10.2. The minimum absolute atomic E-state index is 0.0390. The molecule has 0 bridgehead atoms. The largest absolute Gasteiger partial charge is 0.479 e. The number of benzene rings is 2. The second kappa shape index (κ2) is 8.34. The van der Waals surface area contributed by atoms with Crippen molar-refractivity contribution in [2.75, 3.05) is 0 Å². The maximum absolute atomic E-state index is 12.7. The Labute approximate surface area is 166 Å². The smallest absolute Gasteiger partial charge is 0.416 e. The summed E-state index contributed by atoms with van der Waals surface area (Å²) in [7, 11) is 0. The van der Waals surface area contributed by atoms with Gasteiger partial charge in [0.25, 0.3) is 0 Å². The van der Waals surface area contributed by atoms with E-state index in [1.54, 1.807) is 19.1 Å². The normalized spacial score (nSPS) is 12.5. The van der Waals surface area contributed by atoms with E-state index in [2.05, 4.69) is 0 Å². The molecule has 1 atom stereocenters. The Morgan fingerprint density at radius 1 is 1.23 bits per heavy atom. The van der Waals surface area contributed by atoms with Crippen molar-refractivity contribution in [1.29, 1.82) is 0 Å². The Morgan fingerprint density at radius 2 is 1.92 bits per heavy atom. The SMILES string of the molecule is CCC(Oc1cc(Oc2ccc(C(F)(F)F)cc2Cl)ccc1I)C(=O)O. The summed E-state index contributed by atoms with van der Waals surface area (Å²) in [6.07, 6.45) is -5.26. The predicted octanol–water partition coefficient (Wildman–Crippen LogP) is 6.00. The summed E-state index contributed by atoms with van der Waals surface area (Å²) in [5, 5.41) is 8.89. The number of carboxylic acids is 1. The number of aliphatic carboxylic acids is 1. The average molecular weight is 501 g/mol. The van der Waals surface area contributed by atoms with Crippen LogP contribution in [0.4, 0.5) is 13.2 Å². The average Bonchev–Trinajstić information content (AvgIpc) is 2.55. The van der Waals surface area contributed by atoms with Crippen LogP contribution in [0, 0.1) is 3.57 Å². The maximum atomic E-state index is 12.7. The van der Waals surface area contributed by atoms with Crippen LogP contribution in [0.1, 0.15) is 18.9 Å². The first-order chi connectivity index (χ1) is 12.1. The van der Waals surface area contributed by atoms with Gasteiger partial charge in [0.15, 0.2) is 6.10 Å². The Balaban J connectivity index is 2.25. The Kier molecular flexibility index (Phi) is 6.62. The monoisotopic (exact) mass is 500 g/mol. The van der Waals surface area contributed by atoms with Crippen LogP contribution in [-0.4, -0.2) is 17.2 Å². The highest BCUT2D eigenvalue weighted by Crippen LogP contribution is 2.37. The van der Waals surface area contributed by atoms with Crippen LogP contribution < -0.4 is 9.47 Å². The molecular formula is C17H13ClF3IO4. The lowest BCUT2D eigenvalue weighted by molar-refractivity contribution is -0.145. The molecule has 9 heteroatoms. The van der Waals surface area contributed by atoms with E-state index in [0.29, 0.717) is 9.32 Å². The Bertz CT molecular complexity index is 811. The summed E-state index contributed by atoms with van der Waals surface area (Å²) in [5.74, 6) is -0.514. The van der Waals surface area contributed by atoms with Crippen molar-refractivity contribution < 1.29 is 32.5 Å². The summed E-state index contributed by atoms with van der Waals surface area (Å²) in [5.41, 5.74) is -0.881. The van der Waals surface area contributed by atoms with E-state index in [1.807, 2.05) is 22.6 Å². The molecule has 140 valence electrons. The number of rotatable bonds is 6. The molecule has 0 spiro atoms. The van der Waals surface area contributed by atoms with E-state index < -0.39 is 23.8 Å². The van der Waals surface area contributed by atoms with Crippen molar-refractivity contribution in [2.24, 2.45) is 0 Å². The first kappa shape index (κ1) is 20.6. The molecule has 26 heavy (non-hydrogen) atoms. The fourth-order valence-corrected chi connectivity index (χ4v) is 2.67. The summed E-state index contributed by atoms with van der Waals surface area (Å²) in [6.45, 7) is 1.67. The van der Waals surface area contributed by atoms with Crippen LogP contribution in [0.2, 0.25) is 5.02 Å². The standard InChI is InChI=1S/C17H13ClF3IO4/c1-2-13(16(23)24)26-15-8-10(4-5-12(15)22)25-14-6-3-9(7-11(14)18)17(19,20)21/h3-8,13H,2H2,1H3,(H,23,24). The summed E-state index contributed by atoms with van der Waals surface area (Å²) in [4.78, 5) is 11.1. The predicted molar refractivity (Wildman–Crippen MR) is 98.0 cm³/mol. The maximum Gasteiger partial charge on any atom is 0.416 e. The molecule has 0 radical (unpaired) electrons. The van der Waals surface area contributed by atoms with Gasteiger partial charge < -0.3 is 14.6 Å². The second-order valence-corrected chi connectivity index (χ2v) is 6.76. The fraction of sp³-hybridized carbons (Fsp3) is 0.235. The van der Waals surface area contributed by atoms with Gasteiger partial charge in [-0.2, -0.15) is 13.2 Å². The molecule has 4 nitrogen and oxygen atoms in total. The third-order valence-electron chi connectivity index (χ3n) is 3.31. The second-order valence-electron chi connectivity index (χ2n) is 5.19. The summed E-state index contributed by atoms with van der Waals surface area (Å²) >= 11 is 7.85. The fourth-order valence-electron chi connectivity index (χ4n) is 1.99. The third kappa shape index (κ3) is 5.16. The molecule has 0 aliphatic heterocycles. The molecule has 1 N–H and O–H groups in total. The van der Waals surface area contributed by atoms with Crippen LogP contribution in [0.3, 0.4) is 0 Å². The quantitative estimate of drug-likeness (QED) is 0.495. The van der Waals surface area contributed by atoms with Gasteiger partial charge in [0.2, 0.25) is 0 Å². The van der Waals surface area contributed by atoms with E-state index in [4.69, 9.17) is 26.2 Å².